The van der Waals surface area contributed by atoms with Crippen LogP contribution in [-0.2, 0) is 21.0 Å². The molecule has 0 aromatic heterocycles. The summed E-state index contributed by atoms with van der Waals surface area (Å²) in [6, 6.07) is 2.29. The predicted molar refractivity (Wildman–Crippen MR) is 70.3 cm³/mol. The number of sulfonamides is 1. The second-order valence-electron chi connectivity index (χ2n) is 4.25. The van der Waals surface area contributed by atoms with Gasteiger partial charge in [-0.15, -0.1) is 0 Å². The number of amides is 1. The van der Waals surface area contributed by atoms with E-state index in [1.165, 1.54) is 14.1 Å². The maximum atomic E-state index is 12.9. The van der Waals surface area contributed by atoms with Gasteiger partial charge in [-0.25, -0.2) is 13.1 Å². The number of alkyl halides is 3. The van der Waals surface area contributed by atoms with Crippen LogP contribution in [0.2, 0.25) is 5.02 Å². The Morgan fingerprint density at radius 2 is 1.90 bits per heavy atom. The molecule has 21 heavy (non-hydrogen) atoms. The Bertz CT molecular complexity index is 645. The lowest BCUT2D eigenvalue weighted by Crippen LogP contribution is -2.36. The Labute approximate surface area is 124 Å². The topological polar surface area (TPSA) is 66.5 Å². The van der Waals surface area contributed by atoms with E-state index in [-0.39, 0.29) is 5.02 Å². The summed E-state index contributed by atoms with van der Waals surface area (Å²) in [4.78, 5) is 11.4. The number of carbonyl (C=O) groups is 1. The number of halogens is 4. The Kier molecular flexibility index (Phi) is 5.24. The van der Waals surface area contributed by atoms with Crippen LogP contribution < -0.4 is 4.72 Å². The van der Waals surface area contributed by atoms with E-state index < -0.39 is 39.1 Å². The van der Waals surface area contributed by atoms with Crippen molar-refractivity contribution in [2.45, 2.75) is 11.1 Å². The van der Waals surface area contributed by atoms with Gasteiger partial charge in [-0.2, -0.15) is 13.2 Å². The van der Waals surface area contributed by atoms with Crippen molar-refractivity contribution >= 4 is 27.5 Å². The number of carbonyl (C=O) groups excluding carboxylic acids is 1. The lowest BCUT2D eigenvalue weighted by molar-refractivity contribution is -0.139. The summed E-state index contributed by atoms with van der Waals surface area (Å²) in [6.07, 6.45) is -4.89. The van der Waals surface area contributed by atoms with E-state index in [0.717, 1.165) is 17.0 Å². The molecule has 0 heterocycles. The van der Waals surface area contributed by atoms with Crippen molar-refractivity contribution in [3.05, 3.63) is 28.8 Å². The van der Waals surface area contributed by atoms with Crippen LogP contribution in [-0.4, -0.2) is 39.9 Å². The first-order chi connectivity index (χ1) is 9.45. The van der Waals surface area contributed by atoms with E-state index in [9.17, 15) is 26.4 Å². The van der Waals surface area contributed by atoms with E-state index in [1.807, 2.05) is 4.72 Å². The van der Waals surface area contributed by atoms with Crippen LogP contribution >= 0.6 is 11.6 Å². The maximum absolute atomic E-state index is 12.9. The van der Waals surface area contributed by atoms with E-state index in [4.69, 9.17) is 11.6 Å². The highest BCUT2D eigenvalue weighted by atomic mass is 35.5. The van der Waals surface area contributed by atoms with Gasteiger partial charge in [0.2, 0.25) is 15.9 Å². The third kappa shape index (κ3) is 4.58. The van der Waals surface area contributed by atoms with Crippen molar-refractivity contribution in [1.82, 2.24) is 9.62 Å². The van der Waals surface area contributed by atoms with E-state index in [2.05, 4.69) is 0 Å². The fourth-order valence-electron chi connectivity index (χ4n) is 1.35. The molecular formula is C11H12ClF3N2O3S. The Morgan fingerprint density at radius 3 is 2.38 bits per heavy atom. The minimum Gasteiger partial charge on any atom is -0.348 e. The van der Waals surface area contributed by atoms with Gasteiger partial charge in [0.15, 0.2) is 0 Å². The fraction of sp³-hybridized carbons (Fsp3) is 0.364. The number of nitrogens with zero attached hydrogens (tertiary/aromatic N) is 1. The fourth-order valence-corrected chi connectivity index (χ4v) is 2.70. The zero-order valence-corrected chi connectivity index (χ0v) is 12.6. The number of hydrogen-bond acceptors (Lipinski definition) is 3. The molecule has 0 radical (unpaired) electrons. The SMILES string of the molecule is CN(C)C(=O)CNS(=O)(=O)c1ccc(Cl)cc1C(F)(F)F. The smallest absolute Gasteiger partial charge is 0.348 e. The Hall–Kier alpha value is -1.32. The first-order valence-electron chi connectivity index (χ1n) is 5.51. The third-order valence-electron chi connectivity index (χ3n) is 2.45. The van der Waals surface area contributed by atoms with Gasteiger partial charge in [0, 0.05) is 19.1 Å². The molecule has 5 nitrogen and oxygen atoms in total. The standard InChI is InChI=1S/C11H12ClF3N2O3S/c1-17(2)10(18)6-16-21(19,20)9-4-3-7(12)5-8(9)11(13,14)15/h3-5,16H,6H2,1-2H3. The van der Waals surface area contributed by atoms with Gasteiger partial charge < -0.3 is 4.90 Å². The molecule has 118 valence electrons. The van der Waals surface area contributed by atoms with Crippen molar-refractivity contribution in [2.24, 2.45) is 0 Å². The van der Waals surface area contributed by atoms with Gasteiger partial charge in [-0.3, -0.25) is 4.79 Å². The molecule has 0 saturated heterocycles. The predicted octanol–water partition coefficient (Wildman–Crippen LogP) is 1.73. The second kappa shape index (κ2) is 6.20. The highest BCUT2D eigenvalue weighted by Gasteiger charge is 2.37. The van der Waals surface area contributed by atoms with E-state index >= 15 is 0 Å². The van der Waals surface area contributed by atoms with Crippen LogP contribution in [0.5, 0.6) is 0 Å². The number of likely N-dealkylation sites (N-methyl/N-ethyl adjacent to an activating group) is 1. The number of nitrogens with one attached hydrogen (secondary N) is 1. The molecule has 0 spiro atoms. The lowest BCUT2D eigenvalue weighted by atomic mass is 10.2. The summed E-state index contributed by atoms with van der Waals surface area (Å²) in [6.45, 7) is -0.644. The van der Waals surface area contributed by atoms with Crippen LogP contribution in [0.1, 0.15) is 5.56 Å². The van der Waals surface area contributed by atoms with Gasteiger partial charge in [0.25, 0.3) is 0 Å². The highest BCUT2D eigenvalue weighted by molar-refractivity contribution is 7.89. The largest absolute Gasteiger partial charge is 0.417 e. The van der Waals surface area contributed by atoms with Gasteiger partial charge in [0.05, 0.1) is 17.0 Å². The first kappa shape index (κ1) is 17.7. The van der Waals surface area contributed by atoms with E-state index in [0.29, 0.717) is 6.07 Å². The van der Waals surface area contributed by atoms with Gasteiger partial charge in [-0.1, -0.05) is 11.6 Å². The maximum Gasteiger partial charge on any atom is 0.417 e. The van der Waals surface area contributed by atoms with Crippen molar-refractivity contribution < 1.29 is 26.4 Å². The molecule has 0 aliphatic carbocycles. The van der Waals surface area contributed by atoms with Crippen LogP contribution in [0.3, 0.4) is 0 Å². The lowest BCUT2D eigenvalue weighted by Gasteiger charge is -2.15. The monoisotopic (exact) mass is 344 g/mol. The number of hydrogen-bond donors (Lipinski definition) is 1. The molecular weight excluding hydrogens is 333 g/mol. The summed E-state index contributed by atoms with van der Waals surface area (Å²) in [5.41, 5.74) is -1.39. The van der Waals surface area contributed by atoms with Crippen LogP contribution in [0.4, 0.5) is 13.2 Å². The molecule has 0 unspecified atom stereocenters. The molecule has 0 fully saturated rings. The number of benzene rings is 1. The van der Waals surface area contributed by atoms with Crippen molar-refractivity contribution in [2.75, 3.05) is 20.6 Å². The summed E-state index contributed by atoms with van der Waals surface area (Å²) in [7, 11) is -1.72. The van der Waals surface area contributed by atoms with E-state index in [1.54, 1.807) is 0 Å². The molecule has 0 bridgehead atoms. The summed E-state index contributed by atoms with van der Waals surface area (Å²) in [5.74, 6) is -0.596. The Morgan fingerprint density at radius 1 is 1.33 bits per heavy atom. The molecule has 1 amide bonds. The molecule has 1 aromatic rings. The zero-order valence-electron chi connectivity index (χ0n) is 11.0. The summed E-state index contributed by atoms with van der Waals surface area (Å²) < 4.78 is 64.2. The van der Waals surface area contributed by atoms with Gasteiger partial charge in [0.1, 0.15) is 0 Å². The molecule has 10 heteroatoms. The van der Waals surface area contributed by atoms with Crippen LogP contribution in [0.15, 0.2) is 23.1 Å². The molecule has 1 N–H and O–H groups in total. The quantitative estimate of drug-likeness (QED) is 0.904. The zero-order chi connectivity index (χ0) is 16.4. The highest BCUT2D eigenvalue weighted by Crippen LogP contribution is 2.35. The van der Waals surface area contributed by atoms with Crippen molar-refractivity contribution in [1.29, 1.82) is 0 Å². The summed E-state index contributed by atoms with van der Waals surface area (Å²) in [5, 5.41) is -0.245. The molecule has 0 aliphatic heterocycles. The van der Waals surface area contributed by atoms with Crippen molar-refractivity contribution in [3.63, 3.8) is 0 Å². The molecule has 0 saturated carbocycles. The van der Waals surface area contributed by atoms with Gasteiger partial charge >= 0.3 is 6.18 Å². The van der Waals surface area contributed by atoms with Crippen molar-refractivity contribution in [3.8, 4) is 0 Å². The normalized spacial score (nSPS) is 12.3. The average molecular weight is 345 g/mol. The molecule has 1 aromatic carbocycles. The molecule has 1 rings (SSSR count). The molecule has 0 aliphatic rings. The Balaban J connectivity index is 3.18. The average Bonchev–Trinajstić information content (AvgIpc) is 2.34. The minimum atomic E-state index is -4.89. The second-order valence-corrected chi connectivity index (χ2v) is 6.42. The first-order valence-corrected chi connectivity index (χ1v) is 7.38. The third-order valence-corrected chi connectivity index (χ3v) is 4.14. The summed E-state index contributed by atoms with van der Waals surface area (Å²) >= 11 is 5.47. The van der Waals surface area contributed by atoms with Crippen LogP contribution in [0.25, 0.3) is 0 Å². The van der Waals surface area contributed by atoms with Crippen LogP contribution in [0, 0.1) is 0 Å². The minimum absolute atomic E-state index is 0.245. The number of rotatable bonds is 4. The molecule has 0 atom stereocenters. The van der Waals surface area contributed by atoms with Gasteiger partial charge in [-0.05, 0) is 18.2 Å².